The number of hydrogen-bond donors (Lipinski definition) is 3. The van der Waals surface area contributed by atoms with E-state index >= 15 is 4.39 Å². The summed E-state index contributed by atoms with van der Waals surface area (Å²) in [5.74, 6) is 3.36. The SMILES string of the molecule is C[C@]1(F)C(n2cc(C#C[Si](C)(C)C)c3c(N)ncnc32)OC(CO)[C@H]1O. The Morgan fingerprint density at radius 1 is 1.42 bits per heavy atom. The molecule has 7 nitrogen and oxygen atoms in total. The zero-order valence-corrected chi connectivity index (χ0v) is 16.2. The van der Waals surface area contributed by atoms with Gasteiger partial charge in [-0.15, -0.1) is 5.54 Å². The molecule has 1 aliphatic heterocycles. The van der Waals surface area contributed by atoms with Crippen molar-refractivity contribution in [1.82, 2.24) is 14.5 Å². The minimum absolute atomic E-state index is 0.242. The molecule has 3 heterocycles. The van der Waals surface area contributed by atoms with Gasteiger partial charge in [-0.2, -0.15) is 0 Å². The molecule has 9 heteroatoms. The van der Waals surface area contributed by atoms with E-state index in [1.165, 1.54) is 17.8 Å². The maximum Gasteiger partial charge on any atom is 0.181 e. The molecule has 26 heavy (non-hydrogen) atoms. The quantitative estimate of drug-likeness (QED) is 0.536. The Hall–Kier alpha value is -1.99. The van der Waals surface area contributed by atoms with Crippen molar-refractivity contribution < 1.29 is 19.3 Å². The zero-order valence-electron chi connectivity index (χ0n) is 15.2. The third-order valence-electron chi connectivity index (χ3n) is 4.36. The van der Waals surface area contributed by atoms with Crippen LogP contribution in [0, 0.1) is 11.5 Å². The van der Waals surface area contributed by atoms with E-state index in [0.29, 0.717) is 16.6 Å². The lowest BCUT2D eigenvalue weighted by Gasteiger charge is -2.25. The third kappa shape index (κ3) is 3.10. The van der Waals surface area contributed by atoms with Crippen LogP contribution >= 0.6 is 0 Å². The van der Waals surface area contributed by atoms with Crippen molar-refractivity contribution in [2.45, 2.75) is 50.7 Å². The fraction of sp³-hybridized carbons (Fsp3) is 0.529. The van der Waals surface area contributed by atoms with Crippen LogP contribution in [0.3, 0.4) is 0 Å². The second-order valence-corrected chi connectivity index (χ2v) is 12.5. The maximum atomic E-state index is 15.2. The molecule has 0 amide bonds. The Labute approximate surface area is 152 Å². The normalized spacial score (nSPS) is 29.0. The molecule has 1 saturated heterocycles. The van der Waals surface area contributed by atoms with Gasteiger partial charge in [-0.25, -0.2) is 14.4 Å². The molecule has 0 bridgehead atoms. The molecule has 4 N–H and O–H groups in total. The third-order valence-corrected chi connectivity index (χ3v) is 5.24. The molecule has 140 valence electrons. The van der Waals surface area contributed by atoms with Gasteiger partial charge in [-0.1, -0.05) is 25.6 Å². The predicted molar refractivity (Wildman–Crippen MR) is 98.7 cm³/mol. The molecular formula is C17H23FN4O3Si. The minimum Gasteiger partial charge on any atom is -0.394 e. The Morgan fingerprint density at radius 3 is 2.69 bits per heavy atom. The molecule has 3 rings (SSSR count). The summed E-state index contributed by atoms with van der Waals surface area (Å²) in [5, 5.41) is 20.0. The molecule has 0 saturated carbocycles. The second kappa shape index (κ2) is 6.31. The van der Waals surface area contributed by atoms with Crippen LogP contribution in [0.4, 0.5) is 10.2 Å². The van der Waals surface area contributed by atoms with Crippen LogP contribution in [0.2, 0.25) is 19.6 Å². The topological polar surface area (TPSA) is 106 Å². The van der Waals surface area contributed by atoms with Crippen LogP contribution in [0.25, 0.3) is 11.0 Å². The van der Waals surface area contributed by atoms with E-state index in [1.54, 1.807) is 6.20 Å². The van der Waals surface area contributed by atoms with Gasteiger partial charge >= 0.3 is 0 Å². The number of nitrogen functional groups attached to an aromatic ring is 1. The Morgan fingerprint density at radius 2 is 2.12 bits per heavy atom. The van der Waals surface area contributed by atoms with Gasteiger partial charge in [0.15, 0.2) is 11.9 Å². The zero-order chi connectivity index (χ0) is 19.3. The van der Waals surface area contributed by atoms with Crippen LogP contribution in [0.1, 0.15) is 18.7 Å². The van der Waals surface area contributed by atoms with E-state index in [9.17, 15) is 10.2 Å². The van der Waals surface area contributed by atoms with E-state index in [1.807, 2.05) is 0 Å². The molecule has 0 spiro atoms. The molecule has 2 aromatic heterocycles. The highest BCUT2D eigenvalue weighted by molar-refractivity contribution is 6.83. The monoisotopic (exact) mass is 378 g/mol. The van der Waals surface area contributed by atoms with Crippen LogP contribution in [-0.4, -0.2) is 57.3 Å². The summed E-state index contributed by atoms with van der Waals surface area (Å²) in [6, 6.07) is 0. The van der Waals surface area contributed by atoms with Crippen LogP contribution < -0.4 is 5.73 Å². The highest BCUT2D eigenvalue weighted by Crippen LogP contribution is 2.43. The lowest BCUT2D eigenvalue weighted by molar-refractivity contribution is -0.0564. The molecule has 0 aromatic carbocycles. The number of nitrogens with zero attached hydrogens (tertiary/aromatic N) is 3. The average molecular weight is 378 g/mol. The first-order valence-electron chi connectivity index (χ1n) is 8.33. The molecular weight excluding hydrogens is 355 g/mol. The Kier molecular flexibility index (Phi) is 4.56. The predicted octanol–water partition coefficient (Wildman–Crippen LogP) is 1.22. The summed E-state index contributed by atoms with van der Waals surface area (Å²) in [7, 11) is -1.65. The Balaban J connectivity index is 2.19. The summed E-state index contributed by atoms with van der Waals surface area (Å²) in [4.78, 5) is 8.23. The van der Waals surface area contributed by atoms with Crippen molar-refractivity contribution in [1.29, 1.82) is 0 Å². The van der Waals surface area contributed by atoms with Gasteiger partial charge in [0.2, 0.25) is 0 Å². The number of rotatable bonds is 2. The fourth-order valence-electron chi connectivity index (χ4n) is 3.00. The van der Waals surface area contributed by atoms with Gasteiger partial charge in [-0.3, -0.25) is 0 Å². The Bertz CT molecular complexity index is 897. The van der Waals surface area contributed by atoms with Gasteiger partial charge in [-0.05, 0) is 6.92 Å². The smallest absolute Gasteiger partial charge is 0.181 e. The summed E-state index contributed by atoms with van der Waals surface area (Å²) < 4.78 is 22.2. The first-order valence-corrected chi connectivity index (χ1v) is 11.8. The molecule has 1 fully saturated rings. The number of anilines is 1. The average Bonchev–Trinajstić information content (AvgIpc) is 3.02. The second-order valence-electron chi connectivity index (χ2n) is 7.71. The van der Waals surface area contributed by atoms with E-state index in [0.717, 1.165) is 0 Å². The standard InChI is InChI=1S/C17H23FN4O3Si/c1-17(18)13(24)11(8-23)25-16(17)22-7-10(5-6-26(2,3)4)12-14(19)20-9-21-15(12)22/h7,9,11,13,16,23-24H,8H2,1-4H3,(H2,19,20,21)/t11?,13-,16?,17-/m1/s1. The summed E-state index contributed by atoms with van der Waals surface area (Å²) in [5.41, 5.74) is 8.10. The number of aliphatic hydroxyl groups excluding tert-OH is 2. The maximum absolute atomic E-state index is 15.2. The van der Waals surface area contributed by atoms with Crippen LogP contribution in [0.5, 0.6) is 0 Å². The van der Waals surface area contributed by atoms with Gasteiger partial charge in [0.25, 0.3) is 0 Å². The number of nitrogens with two attached hydrogens (primary N) is 1. The summed E-state index contributed by atoms with van der Waals surface area (Å²) in [6.45, 7) is 7.08. The number of aliphatic hydroxyl groups is 2. The van der Waals surface area contributed by atoms with Crippen molar-refractivity contribution >= 4 is 24.9 Å². The molecule has 4 atom stereocenters. The molecule has 2 unspecified atom stereocenters. The highest BCUT2D eigenvalue weighted by Gasteiger charge is 2.55. The molecule has 1 aliphatic rings. The van der Waals surface area contributed by atoms with Crippen molar-refractivity contribution in [2.75, 3.05) is 12.3 Å². The molecule has 2 aromatic rings. The summed E-state index contributed by atoms with van der Waals surface area (Å²) >= 11 is 0. The minimum atomic E-state index is -2.12. The van der Waals surface area contributed by atoms with Crippen molar-refractivity contribution in [3.63, 3.8) is 0 Å². The highest BCUT2D eigenvalue weighted by atomic mass is 28.3. The lowest BCUT2D eigenvalue weighted by atomic mass is 9.98. The van der Waals surface area contributed by atoms with Crippen LogP contribution in [0.15, 0.2) is 12.5 Å². The fourth-order valence-corrected chi connectivity index (χ4v) is 3.51. The first kappa shape index (κ1) is 18.8. The van der Waals surface area contributed by atoms with Crippen molar-refractivity contribution in [3.05, 3.63) is 18.1 Å². The lowest BCUT2D eigenvalue weighted by Crippen LogP contribution is -2.40. The van der Waals surface area contributed by atoms with Crippen molar-refractivity contribution in [3.8, 4) is 11.5 Å². The number of fused-ring (bicyclic) bond motifs is 1. The van der Waals surface area contributed by atoms with Crippen LogP contribution in [-0.2, 0) is 4.74 Å². The van der Waals surface area contributed by atoms with E-state index < -0.39 is 38.8 Å². The number of ether oxygens (including phenoxy) is 1. The van der Waals surface area contributed by atoms with E-state index in [4.69, 9.17) is 10.5 Å². The molecule has 0 radical (unpaired) electrons. The van der Waals surface area contributed by atoms with Crippen molar-refractivity contribution in [2.24, 2.45) is 0 Å². The number of alkyl halides is 1. The van der Waals surface area contributed by atoms with Gasteiger partial charge in [0.1, 0.15) is 38.1 Å². The van der Waals surface area contributed by atoms with E-state index in [2.05, 4.69) is 41.1 Å². The molecule has 0 aliphatic carbocycles. The first-order chi connectivity index (χ1) is 12.1. The van der Waals surface area contributed by atoms with E-state index in [-0.39, 0.29) is 5.82 Å². The number of hydrogen-bond acceptors (Lipinski definition) is 6. The van der Waals surface area contributed by atoms with Gasteiger partial charge < -0.3 is 25.3 Å². The number of halogens is 1. The van der Waals surface area contributed by atoms with Gasteiger partial charge in [0.05, 0.1) is 17.6 Å². The largest absolute Gasteiger partial charge is 0.394 e. The number of aromatic nitrogens is 3. The summed E-state index contributed by atoms with van der Waals surface area (Å²) in [6.07, 6.45) is -0.755. The van der Waals surface area contributed by atoms with Gasteiger partial charge in [0, 0.05) is 6.20 Å².